The van der Waals surface area contributed by atoms with Gasteiger partial charge in [0.25, 0.3) is 0 Å². The summed E-state index contributed by atoms with van der Waals surface area (Å²) in [6.07, 6.45) is 0. The van der Waals surface area contributed by atoms with Gasteiger partial charge in [0.05, 0.1) is 23.2 Å². The first kappa shape index (κ1) is 32.1. The Morgan fingerprint density at radius 3 is 1.63 bits per heavy atom. The molecule has 41 heavy (non-hydrogen) atoms. The number of nitrogens with zero attached hydrogens (tertiary/aromatic N) is 5. The molecule has 0 bridgehead atoms. The maximum Gasteiger partial charge on any atom is 0.360 e. The summed E-state index contributed by atoms with van der Waals surface area (Å²) < 4.78 is 11.1. The fourth-order valence-electron chi connectivity index (χ4n) is 3.30. The Balaban J connectivity index is 0.000000226. The topological polar surface area (TPSA) is 168 Å². The zero-order chi connectivity index (χ0) is 30.9. The molecule has 0 radical (unpaired) electrons. The Hall–Kier alpha value is -3.41. The maximum atomic E-state index is 11.8. The van der Waals surface area contributed by atoms with E-state index in [0.717, 1.165) is 10.0 Å². The van der Waals surface area contributed by atoms with Crippen LogP contribution >= 0.6 is 38.6 Å². The quantitative estimate of drug-likeness (QED) is 0.184. The number of esters is 2. The van der Waals surface area contributed by atoms with E-state index in [1.54, 1.807) is 13.8 Å². The van der Waals surface area contributed by atoms with E-state index in [4.69, 9.17) is 9.47 Å². The molecule has 0 aliphatic heterocycles. The number of carbonyl (C=O) groups is 2. The van der Waals surface area contributed by atoms with E-state index in [9.17, 15) is 25.1 Å². The van der Waals surface area contributed by atoms with Gasteiger partial charge in [0, 0.05) is 10.8 Å². The van der Waals surface area contributed by atoms with Crippen LogP contribution in [0.3, 0.4) is 0 Å². The van der Waals surface area contributed by atoms with Gasteiger partial charge in [-0.25, -0.2) is 29.5 Å². The van der Waals surface area contributed by atoms with E-state index in [1.807, 2.05) is 47.6 Å². The van der Waals surface area contributed by atoms with Crippen molar-refractivity contribution in [1.29, 1.82) is 5.26 Å². The van der Waals surface area contributed by atoms with Gasteiger partial charge in [0.1, 0.15) is 31.1 Å². The van der Waals surface area contributed by atoms with Gasteiger partial charge < -0.3 is 19.7 Å². The predicted molar refractivity (Wildman–Crippen MR) is 160 cm³/mol. The highest BCUT2D eigenvalue weighted by molar-refractivity contribution is 9.10. The lowest BCUT2D eigenvalue weighted by molar-refractivity contribution is 0.0506. The minimum Gasteiger partial charge on any atom is -0.504 e. The second kappa shape index (κ2) is 12.2. The van der Waals surface area contributed by atoms with Crippen molar-refractivity contribution in [3.63, 3.8) is 0 Å². The standard InChI is InChI=1S/C14H15N3O3S.C13H15BrN2O3S/c1-5-20-12(19)9-10(18)11-8(7(6-15)16-9)17-13(21-11)14(2,3)4;1-5-19-11(18)6-8(17)9-7(10(14)15-6)16-12(20-9)13(2,3)4/h18H,5H2,1-4H3;17H,5H2,1-4H3. The van der Waals surface area contributed by atoms with Gasteiger partial charge in [0.15, 0.2) is 28.6 Å². The number of carbonyl (C=O) groups excluding carboxylic acids is 2. The molecule has 14 heteroatoms. The number of aromatic hydroxyl groups is 2. The molecule has 4 rings (SSSR count). The summed E-state index contributed by atoms with van der Waals surface area (Å²) in [4.78, 5) is 40.4. The first-order valence-electron chi connectivity index (χ1n) is 12.5. The van der Waals surface area contributed by atoms with Crippen molar-refractivity contribution in [3.8, 4) is 17.6 Å². The molecule has 0 aliphatic carbocycles. The Morgan fingerprint density at radius 1 is 0.805 bits per heavy atom. The van der Waals surface area contributed by atoms with E-state index in [-0.39, 0.29) is 52.6 Å². The molecular formula is C27H30BrN5O6S2. The molecule has 0 spiro atoms. The molecule has 0 amide bonds. The highest BCUT2D eigenvalue weighted by Crippen LogP contribution is 2.40. The van der Waals surface area contributed by atoms with Gasteiger partial charge in [-0.2, -0.15) is 5.26 Å². The van der Waals surface area contributed by atoms with Gasteiger partial charge in [-0.3, -0.25) is 0 Å². The molecule has 0 aromatic carbocycles. The smallest absolute Gasteiger partial charge is 0.360 e. The minimum atomic E-state index is -0.751. The van der Waals surface area contributed by atoms with Crippen LogP contribution in [0.2, 0.25) is 0 Å². The van der Waals surface area contributed by atoms with Crippen molar-refractivity contribution < 1.29 is 29.3 Å². The minimum absolute atomic E-state index is 0.0117. The normalized spacial score (nSPS) is 11.6. The molecule has 4 heterocycles. The van der Waals surface area contributed by atoms with Crippen molar-refractivity contribution in [3.05, 3.63) is 31.7 Å². The van der Waals surface area contributed by atoms with Gasteiger partial charge >= 0.3 is 11.9 Å². The van der Waals surface area contributed by atoms with E-state index in [0.29, 0.717) is 25.0 Å². The zero-order valence-electron chi connectivity index (χ0n) is 23.9. The van der Waals surface area contributed by atoms with Crippen LogP contribution in [0.5, 0.6) is 11.5 Å². The summed E-state index contributed by atoms with van der Waals surface area (Å²) >= 11 is 5.90. The monoisotopic (exact) mass is 663 g/mol. The van der Waals surface area contributed by atoms with Gasteiger partial charge in [0.2, 0.25) is 0 Å². The van der Waals surface area contributed by atoms with Crippen LogP contribution in [-0.2, 0) is 20.3 Å². The first-order chi connectivity index (χ1) is 19.0. The highest BCUT2D eigenvalue weighted by Gasteiger charge is 2.27. The largest absolute Gasteiger partial charge is 0.504 e. The second-order valence-corrected chi connectivity index (χ2v) is 13.5. The van der Waals surface area contributed by atoms with Crippen LogP contribution in [0.4, 0.5) is 0 Å². The number of pyridine rings is 2. The van der Waals surface area contributed by atoms with Crippen molar-refractivity contribution in [1.82, 2.24) is 19.9 Å². The van der Waals surface area contributed by atoms with Gasteiger partial charge in [-0.15, -0.1) is 22.7 Å². The Morgan fingerprint density at radius 2 is 1.22 bits per heavy atom. The maximum absolute atomic E-state index is 11.8. The predicted octanol–water partition coefficient (Wildman–Crippen LogP) is 6.38. The third-order valence-corrected chi connectivity index (χ3v) is 8.84. The summed E-state index contributed by atoms with van der Waals surface area (Å²) in [5.41, 5.74) is 0.188. The molecule has 0 saturated heterocycles. The highest BCUT2D eigenvalue weighted by atomic mass is 79.9. The molecule has 2 N–H and O–H groups in total. The lowest BCUT2D eigenvalue weighted by atomic mass is 9.98. The number of rotatable bonds is 4. The van der Waals surface area contributed by atoms with Crippen molar-refractivity contribution in [2.45, 2.75) is 66.2 Å². The molecule has 0 fully saturated rings. The Labute approximate surface area is 253 Å². The lowest BCUT2D eigenvalue weighted by Crippen LogP contribution is -2.10. The fraction of sp³-hybridized carbons (Fsp3) is 0.444. The molecule has 218 valence electrons. The molecule has 11 nitrogen and oxygen atoms in total. The number of hydrogen-bond donors (Lipinski definition) is 2. The lowest BCUT2D eigenvalue weighted by Gasteiger charge is -2.13. The van der Waals surface area contributed by atoms with E-state index >= 15 is 0 Å². The van der Waals surface area contributed by atoms with Crippen LogP contribution in [0, 0.1) is 11.3 Å². The number of nitriles is 1. The van der Waals surface area contributed by atoms with Crippen LogP contribution in [-0.4, -0.2) is 55.3 Å². The summed E-state index contributed by atoms with van der Waals surface area (Å²) in [7, 11) is 0. The summed E-state index contributed by atoms with van der Waals surface area (Å²) in [5, 5.41) is 31.3. The van der Waals surface area contributed by atoms with Crippen LogP contribution in [0.15, 0.2) is 4.60 Å². The molecule has 4 aromatic heterocycles. The Bertz CT molecular complexity index is 1680. The van der Waals surface area contributed by atoms with Crippen molar-refractivity contribution in [2.75, 3.05) is 13.2 Å². The summed E-state index contributed by atoms with van der Waals surface area (Å²) in [6.45, 7) is 15.8. The molecule has 4 aromatic rings. The van der Waals surface area contributed by atoms with Crippen LogP contribution in [0.25, 0.3) is 20.4 Å². The van der Waals surface area contributed by atoms with Crippen molar-refractivity contribution >= 4 is 71.0 Å². The zero-order valence-corrected chi connectivity index (χ0v) is 27.1. The van der Waals surface area contributed by atoms with E-state index in [2.05, 4.69) is 35.9 Å². The average Bonchev–Trinajstić information content (AvgIpc) is 3.54. The summed E-state index contributed by atoms with van der Waals surface area (Å²) in [6, 6.07) is 1.91. The van der Waals surface area contributed by atoms with Crippen LogP contribution in [0.1, 0.15) is 92.1 Å². The number of aromatic nitrogens is 4. The second-order valence-electron chi connectivity index (χ2n) is 10.7. The number of ether oxygens (including phenoxy) is 2. The van der Waals surface area contributed by atoms with E-state index < -0.39 is 11.9 Å². The van der Waals surface area contributed by atoms with Crippen molar-refractivity contribution in [2.24, 2.45) is 0 Å². The summed E-state index contributed by atoms with van der Waals surface area (Å²) in [5.74, 6) is -1.84. The number of halogens is 1. The molecule has 0 aliphatic rings. The molecule has 0 unspecified atom stereocenters. The SMILES string of the molecule is CCOC(=O)c1nc(Br)c2nc(C(C)(C)C)sc2c1O.CCOC(=O)c1nc(C#N)c2nc(C(C)(C)C)sc2c1O. The molecular weight excluding hydrogens is 634 g/mol. The average molecular weight is 665 g/mol. The molecule has 0 saturated carbocycles. The van der Waals surface area contributed by atoms with E-state index in [1.165, 1.54) is 22.7 Å². The Kier molecular flexibility index (Phi) is 9.57. The number of hydrogen-bond acceptors (Lipinski definition) is 13. The fourth-order valence-corrected chi connectivity index (χ4v) is 6.03. The van der Waals surface area contributed by atoms with Gasteiger partial charge in [-0.05, 0) is 29.8 Å². The first-order valence-corrected chi connectivity index (χ1v) is 14.9. The molecule has 0 atom stereocenters. The third-order valence-electron chi connectivity index (χ3n) is 5.31. The van der Waals surface area contributed by atoms with Crippen LogP contribution < -0.4 is 0 Å². The van der Waals surface area contributed by atoms with Gasteiger partial charge in [-0.1, -0.05) is 41.5 Å². The number of thiazole rings is 2. The third kappa shape index (κ3) is 6.74. The number of fused-ring (bicyclic) bond motifs is 2.